The van der Waals surface area contributed by atoms with E-state index in [1.807, 2.05) is 6.08 Å². The van der Waals surface area contributed by atoms with Crippen molar-refractivity contribution >= 4 is 11.9 Å². The molecule has 6 heteroatoms. The monoisotopic (exact) mass is 1010 g/mol. The van der Waals surface area contributed by atoms with Crippen molar-refractivity contribution < 1.29 is 24.5 Å². The first-order chi connectivity index (χ1) is 35.5. The maximum atomic E-state index is 12.5. The second-order valence-electron chi connectivity index (χ2n) is 22.5. The summed E-state index contributed by atoms with van der Waals surface area (Å²) < 4.78 is 5.50. The molecule has 6 nitrogen and oxygen atoms in total. The molecule has 0 aromatic heterocycles. The molecule has 0 aliphatic carbocycles. The molecule has 0 spiro atoms. The highest BCUT2D eigenvalue weighted by Crippen LogP contribution is 2.18. The Balaban J connectivity index is 3.42. The van der Waals surface area contributed by atoms with Gasteiger partial charge in [-0.25, -0.2) is 0 Å². The lowest BCUT2D eigenvalue weighted by atomic mass is 10.0. The Morgan fingerprint density at radius 3 is 0.986 bits per heavy atom. The zero-order valence-corrected chi connectivity index (χ0v) is 48.7. The fraction of sp³-hybridized carbons (Fsp3) is 0.909. The molecule has 0 aromatic rings. The van der Waals surface area contributed by atoms with Gasteiger partial charge in [0.2, 0.25) is 5.91 Å². The molecule has 2 unspecified atom stereocenters. The molecule has 2 atom stereocenters. The molecular formula is C66H127NO5. The van der Waals surface area contributed by atoms with Gasteiger partial charge in [-0.05, 0) is 57.8 Å². The van der Waals surface area contributed by atoms with E-state index in [0.29, 0.717) is 19.4 Å². The standard InChI is InChI=1S/C66H127NO5/c1-3-5-7-9-11-13-15-17-19-21-28-32-36-40-44-48-52-56-60-66(71)72-61-57-53-49-45-41-37-33-29-26-24-22-23-25-27-31-35-39-43-47-51-55-59-65(70)67-63(62-68)64(69)58-54-50-46-42-38-34-30-20-18-16-14-12-10-8-6-4-2/h23,25,54,58,63-64,68-69H,3-22,24,26-53,55-57,59-62H2,1-2H3,(H,67,70)/b25-23-,58-54+. The van der Waals surface area contributed by atoms with Crippen LogP contribution < -0.4 is 5.32 Å². The number of hydrogen-bond acceptors (Lipinski definition) is 5. The van der Waals surface area contributed by atoms with Crippen LogP contribution in [0.4, 0.5) is 0 Å². The molecule has 426 valence electrons. The van der Waals surface area contributed by atoms with Gasteiger partial charge >= 0.3 is 5.97 Å². The lowest BCUT2D eigenvalue weighted by Crippen LogP contribution is -2.45. The van der Waals surface area contributed by atoms with E-state index in [0.717, 1.165) is 44.9 Å². The minimum absolute atomic E-state index is 0.0125. The van der Waals surface area contributed by atoms with Gasteiger partial charge in [0, 0.05) is 12.8 Å². The SMILES string of the molecule is CCCCCCCCCCCCCCCC/C=C/C(O)C(CO)NC(=O)CCCCCCCCC/C=C\CCCCCCCCCCCCOC(=O)CCCCCCCCCCCCCCCCCCCC. The Bertz CT molecular complexity index is 1120. The highest BCUT2D eigenvalue weighted by Gasteiger charge is 2.18. The van der Waals surface area contributed by atoms with Crippen molar-refractivity contribution in [2.24, 2.45) is 0 Å². The first-order valence-corrected chi connectivity index (χ1v) is 32.6. The van der Waals surface area contributed by atoms with Gasteiger partial charge in [-0.2, -0.15) is 0 Å². The van der Waals surface area contributed by atoms with E-state index in [1.54, 1.807) is 6.08 Å². The van der Waals surface area contributed by atoms with Crippen LogP contribution in [0.2, 0.25) is 0 Å². The first kappa shape index (κ1) is 70.3. The maximum absolute atomic E-state index is 12.5. The second kappa shape index (κ2) is 61.9. The minimum Gasteiger partial charge on any atom is -0.466 e. The molecule has 0 fully saturated rings. The van der Waals surface area contributed by atoms with Crippen LogP contribution in [0.5, 0.6) is 0 Å². The molecule has 0 radical (unpaired) electrons. The van der Waals surface area contributed by atoms with Crippen LogP contribution in [0.25, 0.3) is 0 Å². The lowest BCUT2D eigenvalue weighted by molar-refractivity contribution is -0.143. The molecule has 0 bridgehead atoms. The Labute approximate surface area is 450 Å². The van der Waals surface area contributed by atoms with E-state index in [-0.39, 0.29) is 18.5 Å². The number of rotatable bonds is 61. The van der Waals surface area contributed by atoms with Gasteiger partial charge in [0.15, 0.2) is 0 Å². The number of amides is 1. The summed E-state index contributed by atoms with van der Waals surface area (Å²) in [6.45, 7) is 4.93. The average Bonchev–Trinajstić information content (AvgIpc) is 3.38. The van der Waals surface area contributed by atoms with Crippen LogP contribution in [-0.4, -0.2) is 47.4 Å². The third-order valence-electron chi connectivity index (χ3n) is 15.2. The van der Waals surface area contributed by atoms with Crippen molar-refractivity contribution in [2.75, 3.05) is 13.2 Å². The van der Waals surface area contributed by atoms with Gasteiger partial charge in [0.1, 0.15) is 0 Å². The summed E-state index contributed by atoms with van der Waals surface area (Å²) in [5.74, 6) is -0.0610. The van der Waals surface area contributed by atoms with Crippen LogP contribution in [0.15, 0.2) is 24.3 Å². The minimum atomic E-state index is -0.849. The zero-order valence-electron chi connectivity index (χ0n) is 48.7. The van der Waals surface area contributed by atoms with Gasteiger partial charge in [-0.15, -0.1) is 0 Å². The number of ether oxygens (including phenoxy) is 1. The molecule has 0 aromatic carbocycles. The maximum Gasteiger partial charge on any atom is 0.305 e. The molecule has 3 N–H and O–H groups in total. The van der Waals surface area contributed by atoms with Crippen molar-refractivity contribution in [3.8, 4) is 0 Å². The van der Waals surface area contributed by atoms with E-state index in [4.69, 9.17) is 4.74 Å². The molecule has 0 rings (SSSR count). The molecule has 1 amide bonds. The van der Waals surface area contributed by atoms with E-state index >= 15 is 0 Å². The van der Waals surface area contributed by atoms with Gasteiger partial charge in [0.25, 0.3) is 0 Å². The third kappa shape index (κ3) is 57.6. The molecular weight excluding hydrogens is 887 g/mol. The summed E-state index contributed by atoms with van der Waals surface area (Å²) in [6, 6.07) is -0.633. The van der Waals surface area contributed by atoms with Crippen LogP contribution in [0.1, 0.15) is 361 Å². The predicted molar refractivity (Wildman–Crippen MR) is 315 cm³/mol. The van der Waals surface area contributed by atoms with Crippen LogP contribution in [0.3, 0.4) is 0 Å². The number of carbonyl (C=O) groups is 2. The second-order valence-corrected chi connectivity index (χ2v) is 22.5. The summed E-state index contributed by atoms with van der Waals surface area (Å²) in [5.41, 5.74) is 0. The number of hydrogen-bond donors (Lipinski definition) is 3. The number of carbonyl (C=O) groups excluding carboxylic acids is 2. The molecule has 0 heterocycles. The predicted octanol–water partition coefficient (Wildman–Crippen LogP) is 20.6. The van der Waals surface area contributed by atoms with Crippen molar-refractivity contribution in [3.63, 3.8) is 0 Å². The van der Waals surface area contributed by atoms with Crippen LogP contribution >= 0.6 is 0 Å². The van der Waals surface area contributed by atoms with Crippen molar-refractivity contribution in [3.05, 3.63) is 24.3 Å². The topological polar surface area (TPSA) is 95.9 Å². The van der Waals surface area contributed by atoms with Crippen LogP contribution in [-0.2, 0) is 14.3 Å². The Hall–Kier alpha value is -1.66. The lowest BCUT2D eigenvalue weighted by Gasteiger charge is -2.20. The van der Waals surface area contributed by atoms with E-state index in [2.05, 4.69) is 31.3 Å². The summed E-state index contributed by atoms with van der Waals surface area (Å²) in [6.07, 6.45) is 76.5. The molecule has 72 heavy (non-hydrogen) atoms. The molecule has 0 saturated carbocycles. The number of aliphatic hydroxyl groups is 2. The summed E-state index contributed by atoms with van der Waals surface area (Å²) in [5, 5.41) is 23.1. The van der Waals surface area contributed by atoms with Gasteiger partial charge in [-0.3, -0.25) is 9.59 Å². The van der Waals surface area contributed by atoms with Gasteiger partial charge in [-0.1, -0.05) is 314 Å². The van der Waals surface area contributed by atoms with Gasteiger partial charge in [0.05, 0.1) is 25.4 Å². The Kier molecular flexibility index (Phi) is 60.5. The average molecular weight is 1010 g/mol. The number of nitrogens with one attached hydrogen (secondary N) is 1. The first-order valence-electron chi connectivity index (χ1n) is 32.6. The van der Waals surface area contributed by atoms with E-state index < -0.39 is 12.1 Å². The van der Waals surface area contributed by atoms with E-state index in [1.165, 1.54) is 289 Å². The Morgan fingerprint density at radius 2 is 0.653 bits per heavy atom. The van der Waals surface area contributed by atoms with E-state index in [9.17, 15) is 19.8 Å². The summed E-state index contributed by atoms with van der Waals surface area (Å²) >= 11 is 0. The molecule has 0 saturated heterocycles. The smallest absolute Gasteiger partial charge is 0.305 e. The summed E-state index contributed by atoms with van der Waals surface area (Å²) in [7, 11) is 0. The number of unbranched alkanes of at least 4 members (excludes halogenated alkanes) is 48. The highest BCUT2D eigenvalue weighted by atomic mass is 16.5. The number of esters is 1. The van der Waals surface area contributed by atoms with Gasteiger partial charge < -0.3 is 20.3 Å². The van der Waals surface area contributed by atoms with Crippen molar-refractivity contribution in [1.82, 2.24) is 5.32 Å². The fourth-order valence-corrected chi connectivity index (χ4v) is 10.2. The third-order valence-corrected chi connectivity index (χ3v) is 15.2. The zero-order chi connectivity index (χ0) is 52.2. The molecule has 0 aliphatic heterocycles. The number of allylic oxidation sites excluding steroid dienone is 3. The van der Waals surface area contributed by atoms with Crippen molar-refractivity contribution in [2.45, 2.75) is 373 Å². The fourth-order valence-electron chi connectivity index (χ4n) is 10.2. The highest BCUT2D eigenvalue weighted by molar-refractivity contribution is 5.76. The largest absolute Gasteiger partial charge is 0.466 e. The van der Waals surface area contributed by atoms with Crippen LogP contribution in [0, 0.1) is 0 Å². The molecule has 0 aliphatic rings. The number of aliphatic hydroxyl groups excluding tert-OH is 2. The summed E-state index contributed by atoms with van der Waals surface area (Å²) in [4.78, 5) is 24.6. The Morgan fingerprint density at radius 1 is 0.375 bits per heavy atom. The quantitative estimate of drug-likeness (QED) is 0.0320. The normalized spacial score (nSPS) is 12.7. The van der Waals surface area contributed by atoms with Crippen molar-refractivity contribution in [1.29, 1.82) is 0 Å².